The monoisotopic (exact) mass is 558 g/mol. The van der Waals surface area contributed by atoms with Crippen LogP contribution in [0, 0.1) is 5.92 Å². The third kappa shape index (κ3) is 4.69. The Balaban J connectivity index is 1.36. The number of hydrogen-bond donors (Lipinski definition) is 1. The lowest BCUT2D eigenvalue weighted by Gasteiger charge is -2.26. The largest absolute Gasteiger partial charge is 0.408 e. The van der Waals surface area contributed by atoms with Crippen molar-refractivity contribution < 1.29 is 18.0 Å². The molecule has 0 aromatic carbocycles. The second-order valence-corrected chi connectivity index (χ2v) is 9.78. The van der Waals surface area contributed by atoms with Crippen LogP contribution >= 0.6 is 0 Å². The van der Waals surface area contributed by atoms with E-state index in [0.29, 0.717) is 5.56 Å². The van der Waals surface area contributed by atoms with E-state index in [2.05, 4.69) is 30.2 Å². The van der Waals surface area contributed by atoms with Gasteiger partial charge in [0.2, 0.25) is 11.9 Å². The van der Waals surface area contributed by atoms with Gasteiger partial charge in [0.25, 0.3) is 5.56 Å². The summed E-state index contributed by atoms with van der Waals surface area (Å²) < 4.78 is 43.9. The van der Waals surface area contributed by atoms with Crippen LogP contribution in [0.25, 0.3) is 22.6 Å². The number of rotatable bonds is 5. The molecule has 0 spiro atoms. The minimum atomic E-state index is -4.40. The van der Waals surface area contributed by atoms with Crippen LogP contribution in [0.1, 0.15) is 26.3 Å². The summed E-state index contributed by atoms with van der Waals surface area (Å²) in [5.41, 5.74) is -0.555. The van der Waals surface area contributed by atoms with E-state index < -0.39 is 35.4 Å². The Hall–Kier alpha value is -4.63. The average molecular weight is 559 g/mol. The Morgan fingerprint density at radius 2 is 1.80 bits per heavy atom. The lowest BCUT2D eigenvalue weighted by Crippen LogP contribution is -2.42. The predicted octanol–water partition coefficient (Wildman–Crippen LogP) is 1.66. The SMILES string of the molecule is CC1C[C@@H](C(F)(F)F)N(c2ncc(-c3nccc(NC(=O)[C@H](C)n4cnc5c4c(=O)n(C)c(=O)n5C)n3)cn2)C1. The number of alkyl halides is 3. The van der Waals surface area contributed by atoms with Gasteiger partial charge in [-0.15, -0.1) is 0 Å². The molecule has 5 rings (SSSR count). The molecule has 0 bridgehead atoms. The highest BCUT2D eigenvalue weighted by molar-refractivity contribution is 5.93. The summed E-state index contributed by atoms with van der Waals surface area (Å²) in [7, 11) is 2.82. The second kappa shape index (κ2) is 9.84. The molecule has 1 fully saturated rings. The van der Waals surface area contributed by atoms with Crippen molar-refractivity contribution in [3.8, 4) is 11.4 Å². The number of halogens is 3. The number of carbonyl (C=O) groups excluding carboxylic acids is 1. The Kier molecular flexibility index (Phi) is 6.63. The number of carbonyl (C=O) groups is 1. The molecule has 1 amide bonds. The third-order valence-electron chi connectivity index (χ3n) is 6.92. The number of amides is 1. The van der Waals surface area contributed by atoms with Gasteiger partial charge in [-0.3, -0.25) is 18.7 Å². The van der Waals surface area contributed by atoms with Crippen molar-refractivity contribution in [2.75, 3.05) is 16.8 Å². The molecule has 13 nitrogen and oxygen atoms in total. The molecule has 0 saturated carbocycles. The molecular weight excluding hydrogens is 533 g/mol. The van der Waals surface area contributed by atoms with Crippen molar-refractivity contribution >= 4 is 28.8 Å². The van der Waals surface area contributed by atoms with Crippen LogP contribution in [0.2, 0.25) is 0 Å². The van der Waals surface area contributed by atoms with Gasteiger partial charge in [-0.25, -0.2) is 29.7 Å². The molecule has 0 aliphatic carbocycles. The number of fused-ring (bicyclic) bond motifs is 1. The van der Waals surface area contributed by atoms with Crippen LogP contribution in [-0.4, -0.2) is 63.3 Å². The number of aromatic nitrogens is 8. The fraction of sp³-hybridized carbons (Fsp3) is 0.417. The van der Waals surface area contributed by atoms with Gasteiger partial charge < -0.3 is 14.8 Å². The van der Waals surface area contributed by atoms with Gasteiger partial charge >= 0.3 is 11.9 Å². The van der Waals surface area contributed by atoms with Crippen molar-refractivity contribution in [2.45, 2.75) is 38.5 Å². The van der Waals surface area contributed by atoms with Crippen LogP contribution in [0.3, 0.4) is 0 Å². The molecule has 4 aromatic rings. The second-order valence-electron chi connectivity index (χ2n) is 9.78. The standard InChI is InChI=1S/C24H25F3N10O3/c1-12-7-15(24(25,26)27)36(10-12)22-29-8-14(9-30-22)18-28-6-5-16(32-18)33-20(38)13(2)37-11-31-19-17(37)21(39)35(4)23(40)34(19)3/h5-6,8-9,11-13,15H,7,10H2,1-4H3,(H,28,32,33,38)/t12?,13-,15-/m0/s1. The molecule has 1 unspecified atom stereocenters. The summed E-state index contributed by atoms with van der Waals surface area (Å²) >= 11 is 0. The first-order valence-electron chi connectivity index (χ1n) is 12.3. The quantitative estimate of drug-likeness (QED) is 0.386. The van der Waals surface area contributed by atoms with Gasteiger partial charge in [0, 0.05) is 39.2 Å². The number of aryl methyl sites for hydroxylation is 1. The molecular formula is C24H25F3N10O3. The first-order valence-corrected chi connectivity index (χ1v) is 12.3. The molecule has 4 aromatic heterocycles. The average Bonchev–Trinajstić information content (AvgIpc) is 3.55. The van der Waals surface area contributed by atoms with Gasteiger partial charge in [0.05, 0.1) is 11.9 Å². The summed E-state index contributed by atoms with van der Waals surface area (Å²) in [6.07, 6.45) is 0.951. The van der Waals surface area contributed by atoms with Gasteiger partial charge in [0.1, 0.15) is 17.9 Å². The lowest BCUT2D eigenvalue weighted by atomic mass is 10.1. The summed E-state index contributed by atoms with van der Waals surface area (Å²) in [6.45, 7) is 3.50. The number of nitrogens with zero attached hydrogens (tertiary/aromatic N) is 9. The molecule has 1 N–H and O–H groups in total. The van der Waals surface area contributed by atoms with Gasteiger partial charge in [-0.05, 0) is 25.3 Å². The zero-order valence-electron chi connectivity index (χ0n) is 21.9. The molecule has 1 saturated heterocycles. The maximum atomic E-state index is 13.5. The Morgan fingerprint density at radius 3 is 2.48 bits per heavy atom. The maximum Gasteiger partial charge on any atom is 0.408 e. The predicted molar refractivity (Wildman–Crippen MR) is 138 cm³/mol. The third-order valence-corrected chi connectivity index (χ3v) is 6.92. The van der Waals surface area contributed by atoms with E-state index >= 15 is 0 Å². The van der Waals surface area contributed by atoms with E-state index in [-0.39, 0.29) is 47.6 Å². The number of nitrogens with one attached hydrogen (secondary N) is 1. The normalized spacial score (nSPS) is 18.3. The maximum absolute atomic E-state index is 13.5. The Morgan fingerprint density at radius 1 is 1.10 bits per heavy atom. The first-order chi connectivity index (χ1) is 18.9. The lowest BCUT2D eigenvalue weighted by molar-refractivity contribution is -0.146. The van der Waals surface area contributed by atoms with E-state index in [9.17, 15) is 27.6 Å². The number of hydrogen-bond acceptors (Lipinski definition) is 9. The van der Waals surface area contributed by atoms with Crippen LogP contribution < -0.4 is 21.5 Å². The van der Waals surface area contributed by atoms with E-state index in [1.807, 2.05) is 0 Å². The molecule has 16 heteroatoms. The van der Waals surface area contributed by atoms with Crippen molar-refractivity contribution in [3.05, 3.63) is 51.8 Å². The van der Waals surface area contributed by atoms with Gasteiger partial charge in [-0.2, -0.15) is 13.2 Å². The highest BCUT2D eigenvalue weighted by Gasteiger charge is 2.49. The van der Waals surface area contributed by atoms with E-state index in [4.69, 9.17) is 0 Å². The van der Waals surface area contributed by atoms with Gasteiger partial charge in [-0.1, -0.05) is 6.92 Å². The summed E-state index contributed by atoms with van der Waals surface area (Å²) in [6, 6.07) is -1.10. The topological polar surface area (TPSA) is 146 Å². The fourth-order valence-corrected chi connectivity index (χ4v) is 4.74. The van der Waals surface area contributed by atoms with Crippen LogP contribution in [0.15, 0.2) is 40.6 Å². The molecule has 1 aliphatic rings. The minimum absolute atomic E-state index is 0.0283. The van der Waals surface area contributed by atoms with E-state index in [1.165, 1.54) is 54.2 Å². The molecule has 0 radical (unpaired) electrons. The Labute approximate surface area is 224 Å². The van der Waals surface area contributed by atoms with Crippen LogP contribution in [-0.2, 0) is 18.9 Å². The summed E-state index contributed by atoms with van der Waals surface area (Å²) in [5.74, 6) is -0.425. The van der Waals surface area contributed by atoms with Crippen molar-refractivity contribution in [2.24, 2.45) is 20.0 Å². The summed E-state index contributed by atoms with van der Waals surface area (Å²) in [5, 5.41) is 2.66. The van der Waals surface area contributed by atoms with Crippen molar-refractivity contribution in [1.29, 1.82) is 0 Å². The fourth-order valence-electron chi connectivity index (χ4n) is 4.74. The summed E-state index contributed by atoms with van der Waals surface area (Å²) in [4.78, 5) is 60.0. The first kappa shape index (κ1) is 27.0. The van der Waals surface area contributed by atoms with Crippen molar-refractivity contribution in [3.63, 3.8) is 0 Å². The zero-order valence-corrected chi connectivity index (χ0v) is 21.9. The van der Waals surface area contributed by atoms with E-state index in [1.54, 1.807) is 13.8 Å². The van der Waals surface area contributed by atoms with Gasteiger partial charge in [0.15, 0.2) is 17.0 Å². The highest BCUT2D eigenvalue weighted by atomic mass is 19.4. The molecule has 5 heterocycles. The molecule has 1 aliphatic heterocycles. The van der Waals surface area contributed by atoms with Crippen LogP contribution in [0.5, 0.6) is 0 Å². The number of imidazole rings is 1. The zero-order chi connectivity index (χ0) is 28.9. The smallest absolute Gasteiger partial charge is 0.328 e. The Bertz CT molecular complexity index is 1710. The molecule has 40 heavy (non-hydrogen) atoms. The molecule has 3 atom stereocenters. The van der Waals surface area contributed by atoms with Crippen molar-refractivity contribution in [1.82, 2.24) is 38.6 Å². The van der Waals surface area contributed by atoms with E-state index in [0.717, 1.165) is 9.47 Å². The molecule has 210 valence electrons. The number of anilines is 2. The highest BCUT2D eigenvalue weighted by Crippen LogP contribution is 2.37. The van der Waals surface area contributed by atoms with Crippen LogP contribution in [0.4, 0.5) is 24.9 Å². The minimum Gasteiger partial charge on any atom is -0.328 e.